The van der Waals surface area contributed by atoms with Gasteiger partial charge < -0.3 is 9.05 Å². The van der Waals surface area contributed by atoms with Gasteiger partial charge in [-0.05, 0) is 43.7 Å². The summed E-state index contributed by atoms with van der Waals surface area (Å²) in [4.78, 5) is 0. The number of benzene rings is 1. The van der Waals surface area contributed by atoms with Crippen molar-refractivity contribution >= 4 is 45.5 Å². The van der Waals surface area contributed by atoms with Gasteiger partial charge in [-0.2, -0.15) is 5.26 Å². The standard InChI is InChI=1S/C13H14Br2NO3P/c1-3-18-20(17,19-4-2)12(9-16)8-10-7-11(14)5-6-13(10)15/h5-8H,3-4H2,1-2H3/b12-8+. The van der Waals surface area contributed by atoms with Crippen LogP contribution in [0.15, 0.2) is 32.5 Å². The molecule has 0 amide bonds. The quantitative estimate of drug-likeness (QED) is 0.458. The average Bonchev–Trinajstić information content (AvgIpc) is 2.40. The van der Waals surface area contributed by atoms with Gasteiger partial charge in [0.25, 0.3) is 0 Å². The zero-order chi connectivity index (χ0) is 15.2. The number of nitriles is 1. The molecule has 0 saturated heterocycles. The molecule has 7 heteroatoms. The first-order valence-corrected chi connectivity index (χ1v) is 9.06. The Labute approximate surface area is 135 Å². The third-order valence-electron chi connectivity index (χ3n) is 2.26. The summed E-state index contributed by atoms with van der Waals surface area (Å²) in [6, 6.07) is 7.42. The minimum absolute atomic E-state index is 0.0139. The average molecular weight is 423 g/mol. The van der Waals surface area contributed by atoms with Gasteiger partial charge in [0.1, 0.15) is 11.4 Å². The first-order valence-electron chi connectivity index (χ1n) is 5.93. The minimum atomic E-state index is -3.57. The van der Waals surface area contributed by atoms with Gasteiger partial charge in [-0.3, -0.25) is 4.57 Å². The molecule has 0 aromatic heterocycles. The number of rotatable bonds is 6. The Morgan fingerprint density at radius 2 is 1.95 bits per heavy atom. The van der Waals surface area contributed by atoms with Crippen LogP contribution in [0.4, 0.5) is 0 Å². The van der Waals surface area contributed by atoms with Gasteiger partial charge in [0, 0.05) is 8.95 Å². The van der Waals surface area contributed by atoms with E-state index in [4.69, 9.17) is 9.05 Å². The predicted molar refractivity (Wildman–Crippen MR) is 86.3 cm³/mol. The predicted octanol–water partition coefficient (Wildman–Crippen LogP) is 5.34. The molecule has 0 spiro atoms. The molecule has 1 rings (SSSR count). The molecule has 4 nitrogen and oxygen atoms in total. The Kier molecular flexibility index (Phi) is 7.14. The number of hydrogen-bond donors (Lipinski definition) is 0. The number of nitrogens with zero attached hydrogens (tertiary/aromatic N) is 1. The smallest absolute Gasteiger partial charge is 0.305 e. The molecule has 1 aromatic carbocycles. The van der Waals surface area contributed by atoms with E-state index in [1.54, 1.807) is 13.8 Å². The lowest BCUT2D eigenvalue weighted by Crippen LogP contribution is -1.98. The lowest BCUT2D eigenvalue weighted by molar-refractivity contribution is 0.227. The van der Waals surface area contributed by atoms with Gasteiger partial charge in [-0.1, -0.05) is 31.9 Å². The van der Waals surface area contributed by atoms with Crippen molar-refractivity contribution in [1.82, 2.24) is 0 Å². The fourth-order valence-corrected chi connectivity index (χ4v) is 3.65. The highest BCUT2D eigenvalue weighted by Crippen LogP contribution is 2.56. The molecule has 0 saturated carbocycles. The third kappa shape index (κ3) is 4.54. The lowest BCUT2D eigenvalue weighted by atomic mass is 10.2. The fourth-order valence-electron chi connectivity index (χ4n) is 1.46. The highest BCUT2D eigenvalue weighted by atomic mass is 79.9. The van der Waals surface area contributed by atoms with Crippen LogP contribution >= 0.6 is 39.5 Å². The van der Waals surface area contributed by atoms with Crippen molar-refractivity contribution in [3.63, 3.8) is 0 Å². The second kappa shape index (κ2) is 8.11. The summed E-state index contributed by atoms with van der Waals surface area (Å²) >= 11 is 6.74. The summed E-state index contributed by atoms with van der Waals surface area (Å²) in [5.74, 6) is 0. The summed E-state index contributed by atoms with van der Waals surface area (Å²) in [7, 11) is -3.57. The molecule has 108 valence electrons. The van der Waals surface area contributed by atoms with Crippen molar-refractivity contribution in [3.8, 4) is 6.07 Å². The van der Waals surface area contributed by atoms with Crippen LogP contribution in [0, 0.1) is 11.3 Å². The zero-order valence-electron chi connectivity index (χ0n) is 11.1. The maximum Gasteiger partial charge on any atom is 0.371 e. The molecule has 0 aliphatic carbocycles. The fraction of sp³-hybridized carbons (Fsp3) is 0.308. The molecule has 1 aromatic rings. The van der Waals surface area contributed by atoms with Crippen molar-refractivity contribution < 1.29 is 13.6 Å². The Balaban J connectivity index is 3.29. The molecule has 0 aliphatic rings. The van der Waals surface area contributed by atoms with Gasteiger partial charge in [0.15, 0.2) is 0 Å². The van der Waals surface area contributed by atoms with Crippen LogP contribution in [0.25, 0.3) is 6.08 Å². The molecule has 0 radical (unpaired) electrons. The molecule has 20 heavy (non-hydrogen) atoms. The molecule has 0 fully saturated rings. The second-order valence-electron chi connectivity index (χ2n) is 3.64. The first kappa shape index (κ1) is 17.6. The maximum atomic E-state index is 12.6. The zero-order valence-corrected chi connectivity index (χ0v) is 15.2. The van der Waals surface area contributed by atoms with Crippen molar-refractivity contribution in [2.45, 2.75) is 13.8 Å². The molecule has 0 heterocycles. The summed E-state index contributed by atoms with van der Waals surface area (Å²) in [5.41, 5.74) is 0.718. The van der Waals surface area contributed by atoms with Crippen molar-refractivity contribution in [1.29, 1.82) is 5.26 Å². The normalized spacial score (nSPS) is 12.2. The van der Waals surface area contributed by atoms with Gasteiger partial charge in [0.05, 0.1) is 13.2 Å². The van der Waals surface area contributed by atoms with Crippen LogP contribution in [0.3, 0.4) is 0 Å². The Morgan fingerprint density at radius 1 is 1.35 bits per heavy atom. The number of allylic oxidation sites excluding steroid dienone is 1. The van der Waals surface area contributed by atoms with Crippen LogP contribution in [-0.4, -0.2) is 13.2 Å². The van der Waals surface area contributed by atoms with Crippen LogP contribution in [0.1, 0.15) is 19.4 Å². The summed E-state index contributed by atoms with van der Waals surface area (Å²) in [5, 5.41) is 9.25. The molecular weight excluding hydrogens is 409 g/mol. The van der Waals surface area contributed by atoms with E-state index in [0.29, 0.717) is 0 Å². The van der Waals surface area contributed by atoms with Gasteiger partial charge in [-0.25, -0.2) is 0 Å². The van der Waals surface area contributed by atoms with E-state index in [9.17, 15) is 9.83 Å². The molecule has 0 aliphatic heterocycles. The Hall–Kier alpha value is -0.440. The molecular formula is C13H14Br2NO3P. The van der Waals surface area contributed by atoms with Crippen molar-refractivity contribution in [2.24, 2.45) is 0 Å². The maximum absolute atomic E-state index is 12.6. The van der Waals surface area contributed by atoms with Gasteiger partial charge in [0.2, 0.25) is 0 Å². The summed E-state index contributed by atoms with van der Waals surface area (Å²) in [6.07, 6.45) is 1.51. The van der Waals surface area contributed by atoms with Gasteiger partial charge in [-0.15, -0.1) is 0 Å². The number of halogens is 2. The van der Waals surface area contributed by atoms with Crippen LogP contribution in [0.5, 0.6) is 0 Å². The highest BCUT2D eigenvalue weighted by Gasteiger charge is 2.30. The molecule has 0 N–H and O–H groups in total. The molecule has 0 bridgehead atoms. The van der Waals surface area contributed by atoms with E-state index >= 15 is 0 Å². The van der Waals surface area contributed by atoms with Crippen molar-refractivity contribution in [2.75, 3.05) is 13.2 Å². The summed E-state index contributed by atoms with van der Waals surface area (Å²) in [6.45, 7) is 3.82. The van der Waals surface area contributed by atoms with E-state index in [2.05, 4.69) is 31.9 Å². The van der Waals surface area contributed by atoms with E-state index in [1.165, 1.54) is 6.08 Å². The third-order valence-corrected chi connectivity index (χ3v) is 5.49. The Morgan fingerprint density at radius 3 is 2.45 bits per heavy atom. The van der Waals surface area contributed by atoms with Crippen molar-refractivity contribution in [3.05, 3.63) is 38.0 Å². The lowest BCUT2D eigenvalue weighted by Gasteiger charge is -2.16. The van der Waals surface area contributed by atoms with Crippen LogP contribution in [0.2, 0.25) is 0 Å². The summed E-state index contributed by atoms with van der Waals surface area (Å²) < 4.78 is 24.6. The van der Waals surface area contributed by atoms with E-state index in [-0.39, 0.29) is 18.5 Å². The first-order chi connectivity index (χ1) is 9.46. The molecule has 0 unspecified atom stereocenters. The van der Waals surface area contributed by atoms with E-state index in [0.717, 1.165) is 14.5 Å². The second-order valence-corrected chi connectivity index (χ2v) is 7.40. The van der Waals surface area contributed by atoms with Crippen LogP contribution in [-0.2, 0) is 13.6 Å². The minimum Gasteiger partial charge on any atom is -0.305 e. The highest BCUT2D eigenvalue weighted by molar-refractivity contribution is 9.11. The SMILES string of the molecule is CCOP(=O)(OCC)/C(C#N)=C/c1cc(Br)ccc1Br. The van der Waals surface area contributed by atoms with Gasteiger partial charge >= 0.3 is 7.60 Å². The topological polar surface area (TPSA) is 59.3 Å². The van der Waals surface area contributed by atoms with Crippen LogP contribution < -0.4 is 0 Å². The monoisotopic (exact) mass is 421 g/mol. The largest absolute Gasteiger partial charge is 0.371 e. The van der Waals surface area contributed by atoms with E-state index in [1.807, 2.05) is 24.3 Å². The molecule has 0 atom stereocenters. The Bertz CT molecular complexity index is 586. The van der Waals surface area contributed by atoms with E-state index < -0.39 is 7.60 Å². The number of hydrogen-bond acceptors (Lipinski definition) is 4.